The lowest BCUT2D eigenvalue weighted by atomic mass is 9.98. The maximum atomic E-state index is 12.3. The lowest BCUT2D eigenvalue weighted by Gasteiger charge is -2.30. The van der Waals surface area contributed by atoms with Crippen LogP contribution in [0.2, 0.25) is 0 Å². The van der Waals surface area contributed by atoms with Crippen molar-refractivity contribution in [3.8, 4) is 0 Å². The van der Waals surface area contributed by atoms with Crippen molar-refractivity contribution in [2.24, 2.45) is 5.92 Å². The molecule has 1 aliphatic rings. The molecule has 25 heavy (non-hydrogen) atoms. The molecule has 1 amide bonds. The smallest absolute Gasteiger partial charge is 0.308 e. The average molecular weight is 343 g/mol. The summed E-state index contributed by atoms with van der Waals surface area (Å²) in [6, 6.07) is 7.14. The molecule has 1 saturated heterocycles. The number of aliphatic carboxylic acids is 1. The number of likely N-dealkylation sites (tertiary alicyclic amines) is 1. The van der Waals surface area contributed by atoms with E-state index in [9.17, 15) is 14.4 Å². The predicted octanol–water partition coefficient (Wildman–Crippen LogP) is 1.57. The number of hydrogen-bond acceptors (Lipinski definition) is 4. The number of H-pyrrole nitrogens is 1. The molecule has 0 saturated carbocycles. The van der Waals surface area contributed by atoms with Crippen LogP contribution in [0.1, 0.15) is 31.5 Å². The van der Waals surface area contributed by atoms with E-state index in [4.69, 9.17) is 5.11 Å². The van der Waals surface area contributed by atoms with Gasteiger partial charge in [-0.05, 0) is 31.4 Å². The number of carbonyl (C=O) groups excluding carboxylic acids is 1. The summed E-state index contributed by atoms with van der Waals surface area (Å²) in [7, 11) is 0. The van der Waals surface area contributed by atoms with Gasteiger partial charge in [0, 0.05) is 25.9 Å². The molecule has 1 unspecified atom stereocenters. The van der Waals surface area contributed by atoms with Gasteiger partial charge in [0.25, 0.3) is 5.56 Å². The Bertz CT molecular complexity index is 846. The summed E-state index contributed by atoms with van der Waals surface area (Å²) in [5.74, 6) is -0.765. The second kappa shape index (κ2) is 7.46. The van der Waals surface area contributed by atoms with Crippen LogP contribution in [0.3, 0.4) is 0 Å². The first-order valence-electron chi connectivity index (χ1n) is 8.53. The number of rotatable bonds is 5. The van der Waals surface area contributed by atoms with E-state index in [1.54, 1.807) is 23.1 Å². The van der Waals surface area contributed by atoms with E-state index in [2.05, 4.69) is 9.97 Å². The molecule has 2 aromatic rings. The normalized spacial score (nSPS) is 17.6. The molecular formula is C18H21N3O4. The van der Waals surface area contributed by atoms with E-state index >= 15 is 0 Å². The fourth-order valence-corrected chi connectivity index (χ4v) is 3.22. The number of fused-ring (bicyclic) bond motifs is 1. The third-order valence-electron chi connectivity index (χ3n) is 4.59. The van der Waals surface area contributed by atoms with Crippen LogP contribution in [0.4, 0.5) is 0 Å². The molecule has 1 aromatic heterocycles. The Balaban J connectivity index is 1.57. The molecule has 1 aromatic carbocycles. The first-order valence-corrected chi connectivity index (χ1v) is 8.53. The number of para-hydroxylation sites is 1. The van der Waals surface area contributed by atoms with Crippen molar-refractivity contribution in [2.45, 2.75) is 32.1 Å². The van der Waals surface area contributed by atoms with Gasteiger partial charge in [-0.2, -0.15) is 0 Å². The van der Waals surface area contributed by atoms with Gasteiger partial charge < -0.3 is 15.0 Å². The Morgan fingerprint density at radius 3 is 2.92 bits per heavy atom. The summed E-state index contributed by atoms with van der Waals surface area (Å²) in [6.45, 7) is 0.910. The van der Waals surface area contributed by atoms with Crippen molar-refractivity contribution in [2.75, 3.05) is 13.1 Å². The largest absolute Gasteiger partial charge is 0.481 e. The van der Waals surface area contributed by atoms with Crippen molar-refractivity contribution in [3.63, 3.8) is 0 Å². The van der Waals surface area contributed by atoms with Crippen molar-refractivity contribution >= 4 is 22.8 Å². The minimum Gasteiger partial charge on any atom is -0.481 e. The highest BCUT2D eigenvalue weighted by atomic mass is 16.4. The van der Waals surface area contributed by atoms with Crippen LogP contribution in [-0.4, -0.2) is 44.9 Å². The first-order chi connectivity index (χ1) is 12.0. The van der Waals surface area contributed by atoms with Crippen LogP contribution in [-0.2, 0) is 16.0 Å². The third kappa shape index (κ3) is 4.04. The van der Waals surface area contributed by atoms with Gasteiger partial charge in [0.2, 0.25) is 5.91 Å². The minimum atomic E-state index is -0.838. The van der Waals surface area contributed by atoms with Gasteiger partial charge >= 0.3 is 5.97 Å². The number of aryl methyl sites for hydroxylation is 1. The van der Waals surface area contributed by atoms with Gasteiger partial charge in [0.05, 0.1) is 16.8 Å². The van der Waals surface area contributed by atoms with Crippen LogP contribution in [0.5, 0.6) is 0 Å². The van der Waals surface area contributed by atoms with Gasteiger partial charge in [-0.1, -0.05) is 12.1 Å². The van der Waals surface area contributed by atoms with Crippen LogP contribution in [0, 0.1) is 5.92 Å². The third-order valence-corrected chi connectivity index (χ3v) is 4.59. The van der Waals surface area contributed by atoms with E-state index in [-0.39, 0.29) is 11.5 Å². The van der Waals surface area contributed by atoms with E-state index in [0.29, 0.717) is 55.5 Å². The quantitative estimate of drug-likeness (QED) is 0.858. The molecule has 1 fully saturated rings. The van der Waals surface area contributed by atoms with Gasteiger partial charge in [-0.25, -0.2) is 4.98 Å². The number of aromatic amines is 1. The second-order valence-electron chi connectivity index (χ2n) is 6.40. The number of amides is 1. The maximum Gasteiger partial charge on any atom is 0.308 e. The summed E-state index contributed by atoms with van der Waals surface area (Å²) in [5, 5.41) is 9.65. The molecule has 7 nitrogen and oxygen atoms in total. The zero-order valence-corrected chi connectivity index (χ0v) is 13.9. The number of aromatic nitrogens is 2. The SMILES string of the molecule is O=C(O)C1CCCN(C(=O)CCCc2nc3ccccc3c(=O)[nH]2)C1. The molecule has 0 aliphatic carbocycles. The number of carbonyl (C=O) groups is 2. The lowest BCUT2D eigenvalue weighted by Crippen LogP contribution is -2.42. The maximum absolute atomic E-state index is 12.3. The Labute approximate surface area is 144 Å². The van der Waals surface area contributed by atoms with Gasteiger partial charge in [-0.15, -0.1) is 0 Å². The van der Waals surface area contributed by atoms with E-state index in [1.165, 1.54) is 0 Å². The summed E-state index contributed by atoms with van der Waals surface area (Å²) >= 11 is 0. The number of carboxylic acid groups (broad SMARTS) is 1. The van der Waals surface area contributed by atoms with Gasteiger partial charge in [0.1, 0.15) is 5.82 Å². The zero-order valence-electron chi connectivity index (χ0n) is 13.9. The number of piperidine rings is 1. The standard InChI is InChI=1S/C18H21N3O4/c22-16(21-10-4-5-12(11-21)18(24)25)9-3-8-15-19-14-7-2-1-6-13(14)17(23)20-15/h1-2,6-7,12H,3-5,8-11H2,(H,24,25)(H,19,20,23). The van der Waals surface area contributed by atoms with Gasteiger partial charge in [0.15, 0.2) is 0 Å². The summed E-state index contributed by atoms with van der Waals surface area (Å²) in [5.41, 5.74) is 0.472. The molecule has 2 heterocycles. The molecule has 1 aliphatic heterocycles. The van der Waals surface area contributed by atoms with Crippen molar-refractivity contribution in [1.82, 2.24) is 14.9 Å². The van der Waals surface area contributed by atoms with E-state index in [0.717, 1.165) is 6.42 Å². The summed E-state index contributed by atoms with van der Waals surface area (Å²) < 4.78 is 0. The summed E-state index contributed by atoms with van der Waals surface area (Å²) in [6.07, 6.45) is 2.74. The molecular weight excluding hydrogens is 322 g/mol. The number of benzene rings is 1. The Kier molecular flexibility index (Phi) is 5.11. The number of hydrogen-bond donors (Lipinski definition) is 2. The Morgan fingerprint density at radius 2 is 2.12 bits per heavy atom. The van der Waals surface area contributed by atoms with Crippen LogP contribution in [0.25, 0.3) is 10.9 Å². The minimum absolute atomic E-state index is 0.0333. The van der Waals surface area contributed by atoms with E-state index < -0.39 is 11.9 Å². The molecule has 0 bridgehead atoms. The van der Waals surface area contributed by atoms with Gasteiger partial charge in [-0.3, -0.25) is 14.4 Å². The zero-order chi connectivity index (χ0) is 17.8. The second-order valence-corrected chi connectivity index (χ2v) is 6.40. The fourth-order valence-electron chi connectivity index (χ4n) is 3.22. The topological polar surface area (TPSA) is 103 Å². The van der Waals surface area contributed by atoms with Crippen molar-refractivity contribution < 1.29 is 14.7 Å². The summed E-state index contributed by atoms with van der Waals surface area (Å²) in [4.78, 5) is 44.2. The molecule has 0 spiro atoms. The highest BCUT2D eigenvalue weighted by Crippen LogP contribution is 2.18. The number of nitrogens with one attached hydrogen (secondary N) is 1. The number of nitrogens with zero attached hydrogens (tertiary/aromatic N) is 2. The van der Waals surface area contributed by atoms with Crippen molar-refractivity contribution in [3.05, 3.63) is 40.4 Å². The average Bonchev–Trinajstić information content (AvgIpc) is 2.62. The predicted molar refractivity (Wildman–Crippen MR) is 92.2 cm³/mol. The van der Waals surface area contributed by atoms with Crippen LogP contribution < -0.4 is 5.56 Å². The molecule has 2 N–H and O–H groups in total. The Morgan fingerprint density at radius 1 is 1.32 bits per heavy atom. The molecule has 7 heteroatoms. The number of carboxylic acids is 1. The molecule has 3 rings (SSSR count). The Hall–Kier alpha value is -2.70. The fraction of sp³-hybridized carbons (Fsp3) is 0.444. The highest BCUT2D eigenvalue weighted by Gasteiger charge is 2.27. The van der Waals surface area contributed by atoms with Crippen molar-refractivity contribution in [1.29, 1.82) is 0 Å². The molecule has 132 valence electrons. The first kappa shape index (κ1) is 17.1. The van der Waals surface area contributed by atoms with E-state index in [1.807, 2.05) is 6.07 Å². The highest BCUT2D eigenvalue weighted by molar-refractivity contribution is 5.78. The van der Waals surface area contributed by atoms with Crippen LogP contribution >= 0.6 is 0 Å². The van der Waals surface area contributed by atoms with Crippen LogP contribution in [0.15, 0.2) is 29.1 Å². The molecule has 1 atom stereocenters. The monoisotopic (exact) mass is 343 g/mol. The lowest BCUT2D eigenvalue weighted by molar-refractivity contribution is -0.145. The molecule has 0 radical (unpaired) electrons.